The zero-order valence-corrected chi connectivity index (χ0v) is 15.0. The topological polar surface area (TPSA) is 29.1 Å². The molecule has 0 unspecified atom stereocenters. The van der Waals surface area contributed by atoms with Crippen LogP contribution in [0.15, 0.2) is 36.4 Å². The largest absolute Gasteiger partial charge is 0.326 e. The van der Waals surface area contributed by atoms with Crippen molar-refractivity contribution in [2.24, 2.45) is 0 Å². The molecule has 0 bridgehead atoms. The third-order valence-corrected chi connectivity index (χ3v) is 7.42. The van der Waals surface area contributed by atoms with E-state index >= 15 is 0 Å². The summed E-state index contributed by atoms with van der Waals surface area (Å²) in [6.45, 7) is 2.06. The number of aryl methyl sites for hydroxylation is 1. The molecule has 5 heteroatoms. The maximum atomic E-state index is 12.2. The van der Waals surface area contributed by atoms with Crippen molar-refractivity contribution in [1.29, 1.82) is 0 Å². The van der Waals surface area contributed by atoms with Crippen LogP contribution in [-0.4, -0.2) is 17.4 Å². The molecular weight excluding hydrogens is 330 g/mol. The highest BCUT2D eigenvalue weighted by Crippen LogP contribution is 2.44. The standard InChI is InChI=1S/C17H19NOS3/c1-12-6-7-15(22-12)11-16(19)18-14-5-2-4-13(10-14)17-20-8-3-9-21-17/h2,4-7,10,17H,3,8-9,11H2,1H3,(H,18,19). The van der Waals surface area contributed by atoms with Crippen LogP contribution in [0.2, 0.25) is 0 Å². The van der Waals surface area contributed by atoms with E-state index in [2.05, 4.69) is 30.4 Å². The maximum Gasteiger partial charge on any atom is 0.229 e. The van der Waals surface area contributed by atoms with Gasteiger partial charge in [-0.25, -0.2) is 0 Å². The van der Waals surface area contributed by atoms with Gasteiger partial charge in [0.2, 0.25) is 5.91 Å². The Morgan fingerprint density at radius 2 is 2.05 bits per heavy atom. The maximum absolute atomic E-state index is 12.2. The monoisotopic (exact) mass is 349 g/mol. The fraction of sp³-hybridized carbons (Fsp3) is 0.353. The number of hydrogen-bond donors (Lipinski definition) is 1. The second-order valence-corrected chi connectivity index (χ2v) is 9.39. The number of anilines is 1. The van der Waals surface area contributed by atoms with Crippen LogP contribution in [-0.2, 0) is 11.2 Å². The first-order valence-electron chi connectivity index (χ1n) is 7.39. The van der Waals surface area contributed by atoms with Crippen molar-refractivity contribution >= 4 is 46.5 Å². The lowest BCUT2D eigenvalue weighted by Crippen LogP contribution is -2.14. The number of thioether (sulfide) groups is 2. The molecule has 3 rings (SSSR count). The molecule has 116 valence electrons. The fourth-order valence-corrected chi connectivity index (χ4v) is 6.15. The quantitative estimate of drug-likeness (QED) is 0.832. The molecular formula is C17H19NOS3. The number of carbonyl (C=O) groups is 1. The van der Waals surface area contributed by atoms with E-state index in [1.54, 1.807) is 11.3 Å². The number of rotatable bonds is 4. The Hall–Kier alpha value is -0.910. The first-order chi connectivity index (χ1) is 10.7. The van der Waals surface area contributed by atoms with Crippen molar-refractivity contribution in [3.63, 3.8) is 0 Å². The van der Waals surface area contributed by atoms with Crippen LogP contribution in [0.1, 0.15) is 26.3 Å². The lowest BCUT2D eigenvalue weighted by Gasteiger charge is -2.21. The summed E-state index contributed by atoms with van der Waals surface area (Å²) in [6, 6.07) is 12.4. The second-order valence-electron chi connectivity index (χ2n) is 5.29. The van der Waals surface area contributed by atoms with Gasteiger partial charge in [-0.1, -0.05) is 12.1 Å². The molecule has 1 N–H and O–H groups in total. The van der Waals surface area contributed by atoms with Gasteiger partial charge in [-0.3, -0.25) is 4.79 Å². The third kappa shape index (κ3) is 4.31. The summed E-state index contributed by atoms with van der Waals surface area (Å²) < 4.78 is 0.505. The summed E-state index contributed by atoms with van der Waals surface area (Å²) in [7, 11) is 0. The Labute approximate surface area is 144 Å². The first-order valence-corrected chi connectivity index (χ1v) is 10.3. The van der Waals surface area contributed by atoms with Gasteiger partial charge in [0.05, 0.1) is 11.0 Å². The van der Waals surface area contributed by atoms with Crippen molar-refractivity contribution in [2.45, 2.75) is 24.3 Å². The lowest BCUT2D eigenvalue weighted by molar-refractivity contribution is -0.115. The van der Waals surface area contributed by atoms with E-state index in [1.807, 2.05) is 41.7 Å². The molecule has 0 atom stereocenters. The van der Waals surface area contributed by atoms with Gasteiger partial charge in [-0.05, 0) is 54.7 Å². The van der Waals surface area contributed by atoms with Crippen LogP contribution in [0.5, 0.6) is 0 Å². The number of nitrogens with one attached hydrogen (secondary N) is 1. The Bertz CT molecular complexity index is 647. The van der Waals surface area contributed by atoms with Gasteiger partial charge in [-0.2, -0.15) is 0 Å². The summed E-state index contributed by atoms with van der Waals surface area (Å²) in [4.78, 5) is 14.5. The van der Waals surface area contributed by atoms with Gasteiger partial charge in [-0.15, -0.1) is 34.9 Å². The van der Waals surface area contributed by atoms with E-state index in [1.165, 1.54) is 28.4 Å². The molecule has 2 aromatic rings. The molecule has 1 amide bonds. The van der Waals surface area contributed by atoms with Gasteiger partial charge < -0.3 is 5.32 Å². The van der Waals surface area contributed by atoms with Crippen LogP contribution in [0.25, 0.3) is 0 Å². The number of thiophene rings is 1. The smallest absolute Gasteiger partial charge is 0.229 e. The highest BCUT2D eigenvalue weighted by atomic mass is 32.2. The fourth-order valence-electron chi connectivity index (χ4n) is 2.39. The number of hydrogen-bond acceptors (Lipinski definition) is 4. The van der Waals surface area contributed by atoms with Crippen LogP contribution in [0.3, 0.4) is 0 Å². The molecule has 0 radical (unpaired) electrons. The van der Waals surface area contributed by atoms with Crippen molar-refractivity contribution < 1.29 is 4.79 Å². The molecule has 0 aliphatic carbocycles. The highest BCUT2D eigenvalue weighted by molar-refractivity contribution is 8.16. The van der Waals surface area contributed by atoms with Crippen LogP contribution in [0, 0.1) is 6.92 Å². The molecule has 1 fully saturated rings. The van der Waals surface area contributed by atoms with Crippen LogP contribution in [0.4, 0.5) is 5.69 Å². The Morgan fingerprint density at radius 3 is 2.77 bits per heavy atom. The van der Waals surface area contributed by atoms with E-state index < -0.39 is 0 Å². The van der Waals surface area contributed by atoms with E-state index in [9.17, 15) is 4.79 Å². The SMILES string of the molecule is Cc1ccc(CC(=O)Nc2cccc(C3SCCCS3)c2)s1. The third-order valence-electron chi connectivity index (χ3n) is 3.40. The summed E-state index contributed by atoms with van der Waals surface area (Å²) >= 11 is 5.69. The van der Waals surface area contributed by atoms with E-state index in [-0.39, 0.29) is 5.91 Å². The van der Waals surface area contributed by atoms with Crippen LogP contribution >= 0.6 is 34.9 Å². The van der Waals surface area contributed by atoms with Crippen molar-refractivity contribution in [3.8, 4) is 0 Å². The zero-order valence-electron chi connectivity index (χ0n) is 12.5. The minimum absolute atomic E-state index is 0.0583. The molecule has 1 aliphatic rings. The first kappa shape index (κ1) is 16.0. The summed E-state index contributed by atoms with van der Waals surface area (Å²) in [6.07, 6.45) is 1.75. The van der Waals surface area contributed by atoms with E-state index in [0.29, 0.717) is 11.0 Å². The lowest BCUT2D eigenvalue weighted by atomic mass is 10.2. The second kappa shape index (κ2) is 7.57. The zero-order chi connectivity index (χ0) is 15.4. The summed E-state index contributed by atoms with van der Waals surface area (Å²) in [5.41, 5.74) is 2.21. The molecule has 22 heavy (non-hydrogen) atoms. The van der Waals surface area contributed by atoms with Gasteiger partial charge in [0.1, 0.15) is 0 Å². The minimum atomic E-state index is 0.0583. The van der Waals surface area contributed by atoms with Gasteiger partial charge in [0.15, 0.2) is 0 Å². The van der Waals surface area contributed by atoms with Crippen LogP contribution < -0.4 is 5.32 Å². The normalized spacial score (nSPS) is 15.7. The molecule has 1 aliphatic heterocycles. The molecule has 1 aromatic carbocycles. The number of carbonyl (C=O) groups excluding carboxylic acids is 1. The highest BCUT2D eigenvalue weighted by Gasteiger charge is 2.17. The Morgan fingerprint density at radius 1 is 1.23 bits per heavy atom. The Kier molecular flexibility index (Phi) is 5.50. The average Bonchev–Trinajstić information content (AvgIpc) is 2.93. The van der Waals surface area contributed by atoms with Gasteiger partial charge in [0.25, 0.3) is 0 Å². The molecule has 1 saturated heterocycles. The van der Waals surface area contributed by atoms with E-state index in [0.717, 1.165) is 10.6 Å². The van der Waals surface area contributed by atoms with E-state index in [4.69, 9.17) is 0 Å². The van der Waals surface area contributed by atoms with Crippen molar-refractivity contribution in [1.82, 2.24) is 0 Å². The van der Waals surface area contributed by atoms with Gasteiger partial charge in [0, 0.05) is 15.4 Å². The van der Waals surface area contributed by atoms with Crippen molar-refractivity contribution in [2.75, 3.05) is 16.8 Å². The number of benzene rings is 1. The average molecular weight is 350 g/mol. The molecule has 0 saturated carbocycles. The van der Waals surface area contributed by atoms with Crippen molar-refractivity contribution in [3.05, 3.63) is 51.7 Å². The molecule has 2 nitrogen and oxygen atoms in total. The Balaban J connectivity index is 1.63. The van der Waals surface area contributed by atoms with Gasteiger partial charge >= 0.3 is 0 Å². The summed E-state index contributed by atoms with van der Waals surface area (Å²) in [5, 5.41) is 3.03. The molecule has 1 aromatic heterocycles. The minimum Gasteiger partial charge on any atom is -0.326 e. The predicted octanol–water partition coefficient (Wildman–Crippen LogP) is 5.11. The molecule has 0 spiro atoms. The molecule has 2 heterocycles. The number of amides is 1. The predicted molar refractivity (Wildman–Crippen MR) is 100 cm³/mol. The summed E-state index contributed by atoms with van der Waals surface area (Å²) in [5.74, 6) is 2.51.